The molecule has 0 aliphatic heterocycles. The fourth-order valence-corrected chi connectivity index (χ4v) is 3.57. The van der Waals surface area contributed by atoms with Crippen LogP contribution in [0.15, 0.2) is 0 Å². The molecular formula is C16H25Cl3N2. The van der Waals surface area contributed by atoms with E-state index in [0.717, 1.165) is 18.4 Å². The zero-order valence-electron chi connectivity index (χ0n) is 13.0. The molecule has 0 fully saturated rings. The van der Waals surface area contributed by atoms with Gasteiger partial charge in [-0.15, -0.1) is 0 Å². The first-order chi connectivity index (χ1) is 10.1. The third-order valence-electron chi connectivity index (χ3n) is 3.80. The molecule has 21 heavy (non-hydrogen) atoms. The van der Waals surface area contributed by atoms with Crippen molar-refractivity contribution in [1.29, 1.82) is 0 Å². The predicted octanol–water partition coefficient (Wildman–Crippen LogP) is 7.07. The molecule has 0 radical (unpaired) electrons. The molecule has 120 valence electrons. The van der Waals surface area contributed by atoms with Crippen LogP contribution in [0.5, 0.6) is 0 Å². The Hall–Kier alpha value is -0.0500. The zero-order chi connectivity index (χ0) is 15.7. The Morgan fingerprint density at radius 2 is 1.24 bits per heavy atom. The monoisotopic (exact) mass is 350 g/mol. The van der Waals surface area contributed by atoms with Gasteiger partial charge >= 0.3 is 0 Å². The van der Waals surface area contributed by atoms with Crippen LogP contribution in [0.4, 0.5) is 0 Å². The van der Waals surface area contributed by atoms with E-state index >= 15 is 0 Å². The van der Waals surface area contributed by atoms with Gasteiger partial charge in [-0.1, -0.05) is 82.0 Å². The Balaban J connectivity index is 2.79. The molecule has 0 N–H and O–H groups in total. The summed E-state index contributed by atoms with van der Waals surface area (Å²) in [6.07, 6.45) is 10.8. The van der Waals surface area contributed by atoms with Gasteiger partial charge in [0.1, 0.15) is 10.3 Å². The van der Waals surface area contributed by atoms with Crippen LogP contribution in [-0.2, 0) is 0 Å². The Labute approximate surface area is 143 Å². The maximum absolute atomic E-state index is 6.26. The first kappa shape index (κ1) is 19.0. The number of halogens is 3. The minimum atomic E-state index is 0.118. The van der Waals surface area contributed by atoms with E-state index in [4.69, 9.17) is 34.8 Å². The molecule has 0 spiro atoms. The second-order valence-corrected chi connectivity index (χ2v) is 6.58. The number of hydrogen-bond acceptors (Lipinski definition) is 2. The minimum absolute atomic E-state index is 0.118. The summed E-state index contributed by atoms with van der Waals surface area (Å²) in [5.74, 6) is 0.339. The molecule has 1 rings (SSSR count). The standard InChI is InChI=1S/C16H25Cl3N2/c1-3-5-7-9-11-12(10-8-6-4-2)13-14(17)20-16(19)21-15(13)18/h12H,3-11H2,1-2H3. The third kappa shape index (κ3) is 6.71. The van der Waals surface area contributed by atoms with E-state index in [1.807, 2.05) is 0 Å². The van der Waals surface area contributed by atoms with Gasteiger partial charge in [0.15, 0.2) is 0 Å². The predicted molar refractivity (Wildman–Crippen MR) is 92.7 cm³/mol. The summed E-state index contributed by atoms with van der Waals surface area (Å²) in [6, 6.07) is 0. The van der Waals surface area contributed by atoms with Crippen molar-refractivity contribution in [3.8, 4) is 0 Å². The fraction of sp³-hybridized carbons (Fsp3) is 0.750. The fourth-order valence-electron chi connectivity index (χ4n) is 2.62. The number of nitrogens with zero attached hydrogens (tertiary/aromatic N) is 2. The van der Waals surface area contributed by atoms with Crippen molar-refractivity contribution in [2.24, 2.45) is 0 Å². The second-order valence-electron chi connectivity index (χ2n) is 5.53. The number of hydrogen-bond donors (Lipinski definition) is 0. The lowest BCUT2D eigenvalue weighted by Crippen LogP contribution is -2.05. The van der Waals surface area contributed by atoms with E-state index < -0.39 is 0 Å². The highest BCUT2D eigenvalue weighted by Gasteiger charge is 2.20. The van der Waals surface area contributed by atoms with Gasteiger partial charge < -0.3 is 0 Å². The molecule has 0 aliphatic carbocycles. The normalized spacial score (nSPS) is 12.6. The summed E-state index contributed by atoms with van der Waals surface area (Å²) >= 11 is 18.3. The van der Waals surface area contributed by atoms with Crippen molar-refractivity contribution in [2.75, 3.05) is 0 Å². The molecule has 0 bridgehead atoms. The molecule has 0 amide bonds. The highest BCUT2D eigenvalue weighted by molar-refractivity contribution is 6.36. The van der Waals surface area contributed by atoms with Crippen molar-refractivity contribution < 1.29 is 0 Å². The Morgan fingerprint density at radius 1 is 0.762 bits per heavy atom. The van der Waals surface area contributed by atoms with Gasteiger partial charge in [-0.05, 0) is 30.4 Å². The summed E-state index contributed by atoms with van der Waals surface area (Å²) in [6.45, 7) is 4.43. The molecule has 1 aromatic rings. The lowest BCUT2D eigenvalue weighted by Gasteiger charge is -2.19. The highest BCUT2D eigenvalue weighted by Crippen LogP contribution is 2.36. The van der Waals surface area contributed by atoms with Crippen LogP contribution in [-0.4, -0.2) is 9.97 Å². The van der Waals surface area contributed by atoms with E-state index in [9.17, 15) is 0 Å². The summed E-state index contributed by atoms with van der Waals surface area (Å²) in [7, 11) is 0. The van der Waals surface area contributed by atoms with Gasteiger partial charge in [0.05, 0.1) is 0 Å². The van der Waals surface area contributed by atoms with Crippen LogP contribution in [0.2, 0.25) is 15.6 Å². The van der Waals surface area contributed by atoms with Gasteiger partial charge in [-0.25, -0.2) is 9.97 Å². The molecule has 2 nitrogen and oxygen atoms in total. The van der Waals surface area contributed by atoms with Crippen molar-refractivity contribution >= 4 is 34.8 Å². The van der Waals surface area contributed by atoms with E-state index in [0.29, 0.717) is 16.2 Å². The van der Waals surface area contributed by atoms with Crippen LogP contribution in [0, 0.1) is 0 Å². The van der Waals surface area contributed by atoms with Crippen LogP contribution >= 0.6 is 34.8 Å². The zero-order valence-corrected chi connectivity index (χ0v) is 15.2. The average molecular weight is 352 g/mol. The molecule has 0 aliphatic rings. The summed E-state index contributed by atoms with van der Waals surface area (Å²) in [5.41, 5.74) is 0.885. The lowest BCUT2D eigenvalue weighted by atomic mass is 9.90. The van der Waals surface area contributed by atoms with Gasteiger partial charge in [0.2, 0.25) is 5.28 Å². The first-order valence-corrected chi connectivity index (χ1v) is 9.11. The molecule has 5 heteroatoms. The van der Waals surface area contributed by atoms with Gasteiger partial charge in [0, 0.05) is 5.56 Å². The summed E-state index contributed by atoms with van der Waals surface area (Å²) in [5, 5.41) is 0.945. The SMILES string of the molecule is CCCCCCC(CCCCC)c1c(Cl)nc(Cl)nc1Cl. The quantitative estimate of drug-likeness (QED) is 0.256. The van der Waals surface area contributed by atoms with E-state index in [1.54, 1.807) is 0 Å². The summed E-state index contributed by atoms with van der Waals surface area (Å²) in [4.78, 5) is 8.13. The van der Waals surface area contributed by atoms with Crippen molar-refractivity contribution in [2.45, 2.75) is 77.6 Å². The number of aromatic nitrogens is 2. The van der Waals surface area contributed by atoms with Crippen molar-refractivity contribution in [3.63, 3.8) is 0 Å². The highest BCUT2D eigenvalue weighted by atomic mass is 35.5. The first-order valence-electron chi connectivity index (χ1n) is 7.98. The smallest absolute Gasteiger partial charge is 0.206 e. The van der Waals surface area contributed by atoms with E-state index in [1.165, 1.54) is 44.9 Å². The maximum Gasteiger partial charge on any atom is 0.225 e. The third-order valence-corrected chi connectivity index (χ3v) is 4.54. The van der Waals surface area contributed by atoms with Crippen LogP contribution < -0.4 is 0 Å². The minimum Gasteiger partial charge on any atom is -0.206 e. The van der Waals surface area contributed by atoms with Crippen LogP contribution in [0.3, 0.4) is 0 Å². The Morgan fingerprint density at radius 3 is 1.76 bits per heavy atom. The number of rotatable bonds is 10. The molecule has 1 heterocycles. The summed E-state index contributed by atoms with van der Waals surface area (Å²) < 4.78 is 0. The molecule has 1 aromatic heterocycles. The number of unbranched alkanes of at least 4 members (excludes halogenated alkanes) is 5. The van der Waals surface area contributed by atoms with Crippen molar-refractivity contribution in [1.82, 2.24) is 9.97 Å². The molecule has 0 saturated heterocycles. The van der Waals surface area contributed by atoms with Crippen LogP contribution in [0.1, 0.15) is 83.1 Å². The molecule has 1 unspecified atom stereocenters. The lowest BCUT2D eigenvalue weighted by molar-refractivity contribution is 0.499. The van der Waals surface area contributed by atoms with E-state index in [2.05, 4.69) is 23.8 Å². The van der Waals surface area contributed by atoms with E-state index in [-0.39, 0.29) is 5.28 Å². The van der Waals surface area contributed by atoms with Gasteiger partial charge in [-0.3, -0.25) is 0 Å². The topological polar surface area (TPSA) is 25.8 Å². The Kier molecular flexibility index (Phi) is 9.62. The molecule has 1 atom stereocenters. The molecule has 0 aromatic carbocycles. The largest absolute Gasteiger partial charge is 0.225 e. The van der Waals surface area contributed by atoms with Crippen molar-refractivity contribution in [3.05, 3.63) is 21.2 Å². The molecular weight excluding hydrogens is 327 g/mol. The van der Waals surface area contributed by atoms with Crippen LogP contribution in [0.25, 0.3) is 0 Å². The maximum atomic E-state index is 6.26. The van der Waals surface area contributed by atoms with Gasteiger partial charge in [0.25, 0.3) is 0 Å². The second kappa shape index (κ2) is 10.6. The van der Waals surface area contributed by atoms with Gasteiger partial charge in [-0.2, -0.15) is 0 Å². The average Bonchev–Trinajstić information content (AvgIpc) is 2.42. The Bertz CT molecular complexity index is 401. The molecule has 0 saturated carbocycles.